The largest absolute Gasteiger partial charge is 0.312 e. The van der Waals surface area contributed by atoms with E-state index >= 15 is 0 Å². The molecular formula is C32H52N4O4S2+2. The van der Waals surface area contributed by atoms with E-state index in [1.54, 1.807) is 31.4 Å². The van der Waals surface area contributed by atoms with Crippen molar-refractivity contribution in [2.75, 3.05) is 0 Å². The Bertz CT molecular complexity index is 1530. The first-order valence-electron chi connectivity index (χ1n) is 14.9. The smallest absolute Gasteiger partial charge is 0.207 e. The molecule has 3 aromatic rings. The second-order valence-corrected chi connectivity index (χ2v) is 15.9. The zero-order valence-corrected chi connectivity index (χ0v) is 29.1. The minimum absolute atomic E-state index is 0.0641. The Morgan fingerprint density at radius 3 is 1.45 bits per heavy atom. The van der Waals surface area contributed by atoms with E-state index in [2.05, 4.69) is 13.8 Å². The van der Waals surface area contributed by atoms with E-state index < -0.39 is 20.0 Å². The van der Waals surface area contributed by atoms with Crippen LogP contribution in [0.15, 0.2) is 70.8 Å². The Morgan fingerprint density at radius 1 is 0.524 bits per heavy atom. The molecular weight excluding hydrogens is 569 g/mol. The number of pyridine rings is 2. The van der Waals surface area contributed by atoms with Gasteiger partial charge >= 0.3 is 15.0 Å². The molecule has 2 heterocycles. The van der Waals surface area contributed by atoms with E-state index in [1.807, 2.05) is 117 Å². The summed E-state index contributed by atoms with van der Waals surface area (Å²) in [5, 5.41) is 1.29. The predicted molar refractivity (Wildman–Crippen MR) is 170 cm³/mol. The van der Waals surface area contributed by atoms with Crippen LogP contribution in [-0.4, -0.2) is 49.6 Å². The minimum atomic E-state index is -3.57. The molecule has 0 unspecified atom stereocenters. The van der Waals surface area contributed by atoms with Crippen molar-refractivity contribution < 1.29 is 26.0 Å². The van der Waals surface area contributed by atoms with E-state index in [-0.39, 0.29) is 36.3 Å². The van der Waals surface area contributed by atoms with Gasteiger partial charge in [0.15, 0.2) is 29.4 Å². The van der Waals surface area contributed by atoms with Gasteiger partial charge in [0.1, 0.15) is 0 Å². The van der Waals surface area contributed by atoms with Crippen LogP contribution in [0.25, 0.3) is 10.9 Å². The average Bonchev–Trinajstić information content (AvgIpc) is 2.86. The highest BCUT2D eigenvalue weighted by Gasteiger charge is 2.37. The number of hydrogen-bond acceptors (Lipinski definition) is 4. The number of sulfonamides is 2. The first kappa shape index (κ1) is 35.8. The van der Waals surface area contributed by atoms with E-state index in [4.69, 9.17) is 0 Å². The fourth-order valence-corrected chi connectivity index (χ4v) is 9.68. The molecule has 0 saturated carbocycles. The maximum absolute atomic E-state index is 13.3. The molecule has 1 aromatic carbocycles. The summed E-state index contributed by atoms with van der Waals surface area (Å²) in [6.45, 7) is 23.4. The van der Waals surface area contributed by atoms with E-state index in [1.165, 1.54) is 0 Å². The number of benzene rings is 1. The van der Waals surface area contributed by atoms with Gasteiger partial charge in [0.05, 0.1) is 0 Å². The van der Waals surface area contributed by atoms with Gasteiger partial charge in [0, 0.05) is 47.8 Å². The van der Waals surface area contributed by atoms with Crippen molar-refractivity contribution in [3.05, 3.63) is 60.9 Å². The molecule has 8 nitrogen and oxygen atoms in total. The van der Waals surface area contributed by atoms with Crippen LogP contribution in [0.1, 0.15) is 95.2 Å². The zero-order valence-electron chi connectivity index (χ0n) is 27.5. The quantitative estimate of drug-likeness (QED) is 0.265. The Kier molecular flexibility index (Phi) is 12.3. The Balaban J connectivity index is 0.000000299. The van der Waals surface area contributed by atoms with E-state index in [9.17, 15) is 16.8 Å². The summed E-state index contributed by atoms with van der Waals surface area (Å²) < 4.78 is 59.3. The molecule has 0 atom stereocenters. The fraction of sp³-hybridized carbons (Fsp3) is 0.562. The second kappa shape index (κ2) is 14.4. The van der Waals surface area contributed by atoms with Crippen LogP contribution in [0.2, 0.25) is 0 Å². The maximum atomic E-state index is 13.3. The molecule has 42 heavy (non-hydrogen) atoms. The van der Waals surface area contributed by atoms with E-state index in [0.717, 1.165) is 10.9 Å². The lowest BCUT2D eigenvalue weighted by Gasteiger charge is -2.29. The van der Waals surface area contributed by atoms with Crippen LogP contribution < -0.4 is 9.13 Å². The minimum Gasteiger partial charge on any atom is -0.207 e. The number of fused-ring (bicyclic) bond motifs is 1. The standard InChI is InChI=1S/C18H27N2O2S.C14H25N2O2S/c1-13(2)19-12-8-10-16-9-7-11-17(18(16)19)23(21,22)20(14(3)4)15(5)6;1-11(2)15-10-8-7-9-14(15)19(17,18)16(12(3)4)13(5)6/h7-15H,1-6H3;7-13H,1-6H3/q2*+1. The van der Waals surface area contributed by atoms with Crippen molar-refractivity contribution in [1.29, 1.82) is 0 Å². The highest BCUT2D eigenvalue weighted by molar-refractivity contribution is 7.89. The molecule has 0 spiro atoms. The summed E-state index contributed by atoms with van der Waals surface area (Å²) in [5.74, 6) is 0. The lowest BCUT2D eigenvalue weighted by Crippen LogP contribution is -2.49. The van der Waals surface area contributed by atoms with Gasteiger partial charge in [-0.25, -0.2) is 16.8 Å². The normalized spacial score (nSPS) is 13.0. The van der Waals surface area contributed by atoms with Gasteiger partial charge in [0.25, 0.3) is 0 Å². The van der Waals surface area contributed by atoms with Crippen molar-refractivity contribution in [3.63, 3.8) is 0 Å². The number of rotatable bonds is 10. The van der Waals surface area contributed by atoms with Crippen molar-refractivity contribution in [1.82, 2.24) is 8.61 Å². The van der Waals surface area contributed by atoms with Crippen LogP contribution in [0, 0.1) is 0 Å². The van der Waals surface area contributed by atoms with Gasteiger partial charge in [-0.2, -0.15) is 17.7 Å². The molecule has 234 valence electrons. The molecule has 3 rings (SSSR count). The van der Waals surface area contributed by atoms with Crippen molar-refractivity contribution in [2.24, 2.45) is 0 Å². The molecule has 0 N–H and O–H groups in total. The zero-order chi connectivity index (χ0) is 32.2. The molecule has 2 aromatic heterocycles. The molecule has 0 amide bonds. The van der Waals surface area contributed by atoms with Gasteiger partial charge in [-0.1, -0.05) is 6.07 Å². The van der Waals surface area contributed by atoms with Crippen LogP contribution in [-0.2, 0) is 20.0 Å². The molecule has 0 aliphatic carbocycles. The van der Waals surface area contributed by atoms with Crippen molar-refractivity contribution in [2.45, 2.75) is 129 Å². The molecule has 0 aliphatic heterocycles. The van der Waals surface area contributed by atoms with Gasteiger partial charge in [0.2, 0.25) is 15.5 Å². The molecule has 0 aliphatic rings. The number of nitrogens with zero attached hydrogens (tertiary/aromatic N) is 4. The van der Waals surface area contributed by atoms with E-state index in [0.29, 0.717) is 9.92 Å². The van der Waals surface area contributed by atoms with Gasteiger partial charge in [-0.05, 0) is 107 Å². The predicted octanol–water partition coefficient (Wildman–Crippen LogP) is 5.88. The van der Waals surface area contributed by atoms with Crippen molar-refractivity contribution in [3.8, 4) is 0 Å². The van der Waals surface area contributed by atoms with Crippen molar-refractivity contribution >= 4 is 30.9 Å². The third-order valence-electron chi connectivity index (χ3n) is 6.91. The highest BCUT2D eigenvalue weighted by atomic mass is 32.2. The summed E-state index contributed by atoms with van der Waals surface area (Å²) in [6, 6.07) is 14.7. The third kappa shape index (κ3) is 7.75. The van der Waals surface area contributed by atoms with Crippen LogP contribution in [0.4, 0.5) is 0 Å². The van der Waals surface area contributed by atoms with Crippen LogP contribution in [0.3, 0.4) is 0 Å². The fourth-order valence-electron chi connectivity index (χ4n) is 5.51. The SMILES string of the molecule is CC(C)N(C(C)C)S(=O)(=O)c1cccc2ccc[n+](C(C)C)c12.CC(C)N(C(C)C)S(=O)(=O)c1cccc[n+]1C(C)C. The molecule has 0 radical (unpaired) electrons. The first-order valence-corrected chi connectivity index (χ1v) is 17.7. The maximum Gasteiger partial charge on any atom is 0.312 e. The monoisotopic (exact) mass is 620 g/mol. The Morgan fingerprint density at radius 2 is 0.976 bits per heavy atom. The third-order valence-corrected chi connectivity index (χ3v) is 11.5. The number of para-hydroxylation sites is 1. The lowest BCUT2D eigenvalue weighted by atomic mass is 10.2. The summed E-state index contributed by atoms with van der Waals surface area (Å²) in [7, 11) is -7.05. The molecule has 0 bridgehead atoms. The average molecular weight is 621 g/mol. The molecule has 10 heteroatoms. The van der Waals surface area contributed by atoms with Gasteiger partial charge in [-0.15, -0.1) is 0 Å². The topological polar surface area (TPSA) is 82.5 Å². The van der Waals surface area contributed by atoms with Crippen LogP contribution in [0.5, 0.6) is 0 Å². The van der Waals surface area contributed by atoms with Gasteiger partial charge < -0.3 is 0 Å². The van der Waals surface area contributed by atoms with Gasteiger partial charge in [-0.3, -0.25) is 0 Å². The summed E-state index contributed by atoms with van der Waals surface area (Å²) >= 11 is 0. The second-order valence-electron chi connectivity index (χ2n) is 12.3. The lowest BCUT2D eigenvalue weighted by molar-refractivity contribution is -0.752. The summed E-state index contributed by atoms with van der Waals surface area (Å²) in [6.07, 6.45) is 3.76. The Labute approximate surface area is 255 Å². The first-order chi connectivity index (χ1) is 19.4. The molecule has 0 saturated heterocycles. The number of aromatic nitrogens is 2. The highest BCUT2D eigenvalue weighted by Crippen LogP contribution is 2.27. The summed E-state index contributed by atoms with van der Waals surface area (Å²) in [4.78, 5) is 0.381. The Hall–Kier alpha value is -2.40. The van der Waals surface area contributed by atoms with Crippen LogP contribution >= 0.6 is 0 Å². The number of hydrogen-bond donors (Lipinski definition) is 0. The summed E-state index contributed by atoms with van der Waals surface area (Å²) in [5.41, 5.74) is 0.774. The molecule has 0 fully saturated rings.